The van der Waals surface area contributed by atoms with E-state index < -0.39 is 12.2 Å². The molecule has 2 aromatic carbocycles. The smallest absolute Gasteiger partial charge is 0.268 e. The fraction of sp³-hybridized carbons (Fsp3) is 0.381. The summed E-state index contributed by atoms with van der Waals surface area (Å²) < 4.78 is 6.06. The van der Waals surface area contributed by atoms with Gasteiger partial charge in [-0.15, -0.1) is 0 Å². The van der Waals surface area contributed by atoms with Crippen molar-refractivity contribution in [2.24, 2.45) is 5.92 Å². The molecule has 4 heteroatoms. The number of hydrogen-bond acceptors (Lipinski definition) is 3. The highest BCUT2D eigenvalue weighted by Gasteiger charge is 2.32. The molecule has 3 atom stereocenters. The number of likely N-dealkylation sites (tertiary alicyclic amines) is 1. The Kier molecular flexibility index (Phi) is 5.71. The van der Waals surface area contributed by atoms with Crippen molar-refractivity contribution in [2.75, 3.05) is 13.1 Å². The summed E-state index contributed by atoms with van der Waals surface area (Å²) in [5.74, 6) is 0.764. The van der Waals surface area contributed by atoms with E-state index in [2.05, 4.69) is 0 Å². The monoisotopic (exact) mass is 339 g/mol. The van der Waals surface area contributed by atoms with Gasteiger partial charge in [0.25, 0.3) is 5.91 Å². The van der Waals surface area contributed by atoms with Gasteiger partial charge in [-0.2, -0.15) is 0 Å². The Morgan fingerprint density at radius 2 is 1.76 bits per heavy atom. The zero-order chi connectivity index (χ0) is 17.6. The zero-order valence-corrected chi connectivity index (χ0v) is 14.5. The third-order valence-electron chi connectivity index (χ3n) is 4.78. The molecule has 0 bridgehead atoms. The summed E-state index contributed by atoms with van der Waals surface area (Å²) in [4.78, 5) is 15.0. The van der Waals surface area contributed by atoms with E-state index in [1.165, 1.54) is 0 Å². The maximum Gasteiger partial charge on any atom is 0.268 e. The molecule has 2 aromatic rings. The molecule has 0 aromatic heterocycles. The van der Waals surface area contributed by atoms with Crippen LogP contribution < -0.4 is 4.74 Å². The van der Waals surface area contributed by atoms with Crippen molar-refractivity contribution in [3.05, 3.63) is 66.2 Å². The second-order valence-electron chi connectivity index (χ2n) is 6.65. The van der Waals surface area contributed by atoms with Crippen molar-refractivity contribution >= 4 is 5.91 Å². The van der Waals surface area contributed by atoms with Crippen LogP contribution in [0.3, 0.4) is 0 Å². The molecule has 132 valence electrons. The number of carbonyl (C=O) groups excluding carboxylic acids is 1. The Morgan fingerprint density at radius 1 is 1.12 bits per heavy atom. The Balaban J connectivity index is 1.82. The maximum absolute atomic E-state index is 13.2. The number of aliphatic hydroxyl groups is 1. The van der Waals surface area contributed by atoms with E-state index in [4.69, 9.17) is 4.74 Å². The molecule has 3 rings (SSSR count). The number of aliphatic hydroxyl groups excluding tert-OH is 1. The summed E-state index contributed by atoms with van der Waals surface area (Å²) in [6.07, 6.45) is 0.794. The third-order valence-corrected chi connectivity index (χ3v) is 4.78. The summed E-state index contributed by atoms with van der Waals surface area (Å²) in [6.45, 7) is 3.09. The molecule has 3 unspecified atom stereocenters. The minimum absolute atomic E-state index is 0.0413. The van der Waals surface area contributed by atoms with Gasteiger partial charge in [-0.25, -0.2) is 0 Å². The zero-order valence-electron chi connectivity index (χ0n) is 14.5. The highest BCUT2D eigenvalue weighted by molar-refractivity contribution is 5.82. The van der Waals surface area contributed by atoms with E-state index in [0.717, 1.165) is 18.4 Å². The van der Waals surface area contributed by atoms with Crippen LogP contribution >= 0.6 is 0 Å². The predicted octanol–water partition coefficient (Wildman–Crippen LogP) is 3.43. The van der Waals surface area contributed by atoms with Crippen LogP contribution in [-0.4, -0.2) is 35.1 Å². The van der Waals surface area contributed by atoms with E-state index in [0.29, 0.717) is 18.8 Å². The highest BCUT2D eigenvalue weighted by Crippen LogP contribution is 2.27. The van der Waals surface area contributed by atoms with Gasteiger partial charge in [0.1, 0.15) is 5.75 Å². The largest absolute Gasteiger partial charge is 0.476 e. The molecular weight excluding hydrogens is 314 g/mol. The van der Waals surface area contributed by atoms with Crippen molar-refractivity contribution in [3.8, 4) is 5.75 Å². The Morgan fingerprint density at radius 3 is 2.40 bits per heavy atom. The van der Waals surface area contributed by atoms with Gasteiger partial charge in [-0.3, -0.25) is 4.79 Å². The first kappa shape index (κ1) is 17.5. The summed E-state index contributed by atoms with van der Waals surface area (Å²) in [6, 6.07) is 19.0. The minimum atomic E-state index is -0.670. The van der Waals surface area contributed by atoms with Crippen LogP contribution in [-0.2, 0) is 4.79 Å². The molecule has 25 heavy (non-hydrogen) atoms. The van der Waals surface area contributed by atoms with Crippen LogP contribution in [0.25, 0.3) is 0 Å². The van der Waals surface area contributed by atoms with Crippen LogP contribution in [0.15, 0.2) is 60.7 Å². The summed E-state index contributed by atoms with van der Waals surface area (Å²) in [5.41, 5.74) is 0.843. The number of para-hydroxylation sites is 1. The van der Waals surface area contributed by atoms with Gasteiger partial charge in [0.15, 0.2) is 0 Å². The molecule has 1 aliphatic heterocycles. The van der Waals surface area contributed by atoms with Gasteiger partial charge in [0.05, 0.1) is 6.10 Å². The number of hydrogen-bond donors (Lipinski definition) is 1. The average Bonchev–Trinajstić information content (AvgIpc) is 2.67. The normalized spacial score (nSPS) is 19.9. The van der Waals surface area contributed by atoms with E-state index in [9.17, 15) is 9.90 Å². The topological polar surface area (TPSA) is 49.8 Å². The van der Waals surface area contributed by atoms with Crippen LogP contribution in [0.4, 0.5) is 0 Å². The number of ether oxygens (including phenoxy) is 1. The maximum atomic E-state index is 13.2. The SMILES string of the molecule is CC(O)C1CCCN(C(=O)C(Oc2ccccc2)c2ccccc2)C1. The van der Waals surface area contributed by atoms with E-state index in [1.807, 2.05) is 65.6 Å². The van der Waals surface area contributed by atoms with E-state index in [-0.39, 0.29) is 11.8 Å². The molecule has 1 N–H and O–H groups in total. The minimum Gasteiger partial charge on any atom is -0.476 e. The number of carbonyl (C=O) groups is 1. The number of nitrogens with zero attached hydrogens (tertiary/aromatic N) is 1. The standard InChI is InChI=1S/C21H25NO3/c1-16(23)18-11-8-14-22(15-18)21(24)20(17-9-4-2-5-10-17)25-19-12-6-3-7-13-19/h2-7,9-10,12-13,16,18,20,23H,8,11,14-15H2,1H3. The fourth-order valence-corrected chi connectivity index (χ4v) is 3.29. The lowest BCUT2D eigenvalue weighted by molar-refractivity contribution is -0.141. The molecule has 1 amide bonds. The molecule has 0 saturated carbocycles. The van der Waals surface area contributed by atoms with Gasteiger partial charge in [0.2, 0.25) is 6.10 Å². The second kappa shape index (κ2) is 8.17. The highest BCUT2D eigenvalue weighted by atomic mass is 16.5. The third kappa shape index (κ3) is 4.40. The quantitative estimate of drug-likeness (QED) is 0.908. The average molecular weight is 339 g/mol. The molecule has 1 heterocycles. The second-order valence-corrected chi connectivity index (χ2v) is 6.65. The summed E-state index contributed by atoms with van der Waals surface area (Å²) >= 11 is 0. The molecule has 4 nitrogen and oxygen atoms in total. The number of rotatable bonds is 5. The fourth-order valence-electron chi connectivity index (χ4n) is 3.29. The van der Waals surface area contributed by atoms with Crippen LogP contribution in [0.5, 0.6) is 5.75 Å². The summed E-state index contributed by atoms with van der Waals surface area (Å²) in [7, 11) is 0. The lowest BCUT2D eigenvalue weighted by atomic mass is 9.93. The van der Waals surface area contributed by atoms with Gasteiger partial charge in [0, 0.05) is 24.6 Å². The van der Waals surface area contributed by atoms with Crippen LogP contribution in [0.1, 0.15) is 31.4 Å². The molecule has 0 aliphatic carbocycles. The Labute approximate surface area is 149 Å². The molecule has 1 aliphatic rings. The Hall–Kier alpha value is -2.33. The first-order valence-electron chi connectivity index (χ1n) is 8.88. The summed E-state index contributed by atoms with van der Waals surface area (Å²) in [5, 5.41) is 9.90. The molecule has 1 saturated heterocycles. The van der Waals surface area contributed by atoms with E-state index in [1.54, 1.807) is 6.92 Å². The van der Waals surface area contributed by atoms with E-state index >= 15 is 0 Å². The molecular formula is C21H25NO3. The lowest BCUT2D eigenvalue weighted by Crippen LogP contribution is -2.45. The lowest BCUT2D eigenvalue weighted by Gasteiger charge is -2.36. The number of piperidine rings is 1. The predicted molar refractivity (Wildman–Crippen MR) is 97.2 cm³/mol. The Bertz CT molecular complexity index is 672. The van der Waals surface area contributed by atoms with Crippen molar-refractivity contribution in [1.29, 1.82) is 0 Å². The van der Waals surface area contributed by atoms with Crippen LogP contribution in [0, 0.1) is 5.92 Å². The van der Waals surface area contributed by atoms with Crippen molar-refractivity contribution in [1.82, 2.24) is 4.90 Å². The molecule has 1 fully saturated rings. The van der Waals surface area contributed by atoms with Gasteiger partial charge in [-0.1, -0.05) is 48.5 Å². The van der Waals surface area contributed by atoms with Crippen molar-refractivity contribution in [2.45, 2.75) is 32.0 Å². The number of amides is 1. The van der Waals surface area contributed by atoms with Crippen molar-refractivity contribution < 1.29 is 14.6 Å². The van der Waals surface area contributed by atoms with Crippen LogP contribution in [0.2, 0.25) is 0 Å². The molecule has 0 radical (unpaired) electrons. The first-order valence-corrected chi connectivity index (χ1v) is 8.88. The molecule has 0 spiro atoms. The van der Waals surface area contributed by atoms with Gasteiger partial charge < -0.3 is 14.7 Å². The van der Waals surface area contributed by atoms with Crippen molar-refractivity contribution in [3.63, 3.8) is 0 Å². The van der Waals surface area contributed by atoms with Gasteiger partial charge in [-0.05, 0) is 31.9 Å². The number of benzene rings is 2. The first-order chi connectivity index (χ1) is 12.1. The van der Waals surface area contributed by atoms with Gasteiger partial charge >= 0.3 is 0 Å².